The molecule has 2 rings (SSSR count). The largest absolute Gasteiger partial charge is 0.265 e. The Morgan fingerprint density at radius 3 is 2.44 bits per heavy atom. The van der Waals surface area contributed by atoms with Crippen molar-refractivity contribution in [2.75, 3.05) is 0 Å². The van der Waals surface area contributed by atoms with Crippen molar-refractivity contribution in [3.05, 3.63) is 71.6 Å². The molecule has 88 valence electrons. The van der Waals surface area contributed by atoms with Gasteiger partial charge in [0.15, 0.2) is 0 Å². The SMILES string of the molecule is N#Cc1ccc(/C=C/CCc2ccncc2)cc1. The summed E-state index contributed by atoms with van der Waals surface area (Å²) in [6.07, 6.45) is 9.91. The summed E-state index contributed by atoms with van der Waals surface area (Å²) in [5.41, 5.74) is 3.13. The second-order valence-corrected chi connectivity index (χ2v) is 4.03. The third-order valence-corrected chi connectivity index (χ3v) is 2.70. The van der Waals surface area contributed by atoms with E-state index in [0.29, 0.717) is 5.56 Å². The van der Waals surface area contributed by atoms with Gasteiger partial charge in [0.25, 0.3) is 0 Å². The van der Waals surface area contributed by atoms with Gasteiger partial charge in [-0.05, 0) is 48.2 Å². The second kappa shape index (κ2) is 6.36. The lowest BCUT2D eigenvalue weighted by Crippen LogP contribution is -1.82. The summed E-state index contributed by atoms with van der Waals surface area (Å²) < 4.78 is 0. The van der Waals surface area contributed by atoms with Crippen molar-refractivity contribution in [2.45, 2.75) is 12.8 Å². The molecule has 0 aliphatic heterocycles. The molecule has 0 saturated heterocycles. The van der Waals surface area contributed by atoms with Crippen molar-refractivity contribution >= 4 is 6.08 Å². The number of allylic oxidation sites excluding steroid dienone is 1. The van der Waals surface area contributed by atoms with Gasteiger partial charge in [-0.2, -0.15) is 5.26 Å². The number of pyridine rings is 1. The van der Waals surface area contributed by atoms with Crippen molar-refractivity contribution in [1.29, 1.82) is 5.26 Å². The highest BCUT2D eigenvalue weighted by atomic mass is 14.6. The Morgan fingerprint density at radius 2 is 1.78 bits per heavy atom. The van der Waals surface area contributed by atoms with Crippen LogP contribution in [-0.2, 0) is 6.42 Å². The van der Waals surface area contributed by atoms with Crippen LogP contribution in [0.1, 0.15) is 23.1 Å². The molecule has 1 heterocycles. The maximum atomic E-state index is 8.70. The third-order valence-electron chi connectivity index (χ3n) is 2.70. The van der Waals surface area contributed by atoms with E-state index in [4.69, 9.17) is 5.26 Å². The van der Waals surface area contributed by atoms with Crippen LogP contribution in [-0.4, -0.2) is 4.98 Å². The molecule has 0 spiro atoms. The molecule has 2 aromatic rings. The van der Waals surface area contributed by atoms with Gasteiger partial charge >= 0.3 is 0 Å². The Kier molecular flexibility index (Phi) is 4.27. The van der Waals surface area contributed by atoms with Gasteiger partial charge in [0.05, 0.1) is 11.6 Å². The van der Waals surface area contributed by atoms with Crippen LogP contribution in [0.25, 0.3) is 6.08 Å². The van der Waals surface area contributed by atoms with Gasteiger partial charge in [0, 0.05) is 12.4 Å². The summed E-state index contributed by atoms with van der Waals surface area (Å²) in [4.78, 5) is 3.99. The van der Waals surface area contributed by atoms with Crippen LogP contribution in [0.5, 0.6) is 0 Å². The molecule has 0 aliphatic carbocycles. The fraction of sp³-hybridized carbons (Fsp3) is 0.125. The lowest BCUT2D eigenvalue weighted by Gasteiger charge is -1.96. The predicted molar refractivity (Wildman–Crippen MR) is 72.7 cm³/mol. The van der Waals surface area contributed by atoms with Crippen molar-refractivity contribution in [2.24, 2.45) is 0 Å². The average molecular weight is 234 g/mol. The minimum Gasteiger partial charge on any atom is -0.265 e. The van der Waals surface area contributed by atoms with E-state index in [1.54, 1.807) is 0 Å². The highest BCUT2D eigenvalue weighted by Gasteiger charge is 1.91. The molecule has 2 heteroatoms. The Hall–Kier alpha value is -2.40. The second-order valence-electron chi connectivity index (χ2n) is 4.03. The summed E-state index contributed by atoms with van der Waals surface area (Å²) in [6.45, 7) is 0. The Morgan fingerprint density at radius 1 is 1.06 bits per heavy atom. The number of hydrogen-bond acceptors (Lipinski definition) is 2. The smallest absolute Gasteiger partial charge is 0.0991 e. The van der Waals surface area contributed by atoms with Crippen LogP contribution >= 0.6 is 0 Å². The first-order chi connectivity index (χ1) is 8.88. The first-order valence-electron chi connectivity index (χ1n) is 5.94. The van der Waals surface area contributed by atoms with E-state index in [0.717, 1.165) is 18.4 Å². The van der Waals surface area contributed by atoms with E-state index < -0.39 is 0 Å². The molecular weight excluding hydrogens is 220 g/mol. The fourth-order valence-corrected chi connectivity index (χ4v) is 1.69. The molecule has 0 saturated carbocycles. The van der Waals surface area contributed by atoms with Gasteiger partial charge in [-0.25, -0.2) is 0 Å². The van der Waals surface area contributed by atoms with Crippen LogP contribution in [0.3, 0.4) is 0 Å². The lowest BCUT2D eigenvalue weighted by atomic mass is 10.1. The van der Waals surface area contributed by atoms with Gasteiger partial charge in [-0.3, -0.25) is 4.98 Å². The van der Waals surface area contributed by atoms with E-state index in [1.807, 2.05) is 48.8 Å². The molecule has 0 fully saturated rings. The normalized spacial score (nSPS) is 10.4. The van der Waals surface area contributed by atoms with E-state index in [9.17, 15) is 0 Å². The minimum atomic E-state index is 0.698. The molecule has 2 nitrogen and oxygen atoms in total. The van der Waals surface area contributed by atoms with E-state index >= 15 is 0 Å². The molecule has 1 aromatic heterocycles. The molecule has 1 aromatic carbocycles. The van der Waals surface area contributed by atoms with Crippen molar-refractivity contribution in [3.63, 3.8) is 0 Å². The number of aryl methyl sites for hydroxylation is 1. The summed E-state index contributed by atoms with van der Waals surface area (Å²) in [7, 11) is 0. The summed E-state index contributed by atoms with van der Waals surface area (Å²) >= 11 is 0. The quantitative estimate of drug-likeness (QED) is 0.810. The van der Waals surface area contributed by atoms with E-state index in [-0.39, 0.29) is 0 Å². The predicted octanol–water partition coefficient (Wildman–Crippen LogP) is 3.60. The number of aromatic nitrogens is 1. The van der Waals surface area contributed by atoms with Crippen LogP contribution < -0.4 is 0 Å². The standard InChI is InChI=1S/C16H14N2/c17-13-16-7-5-14(6-8-16)3-1-2-4-15-9-11-18-12-10-15/h1,3,5-12H,2,4H2/b3-1+. The highest BCUT2D eigenvalue weighted by Crippen LogP contribution is 2.07. The minimum absolute atomic E-state index is 0.698. The van der Waals surface area contributed by atoms with Gasteiger partial charge in [-0.15, -0.1) is 0 Å². The first kappa shape index (κ1) is 12.1. The Balaban J connectivity index is 1.86. The van der Waals surface area contributed by atoms with Gasteiger partial charge < -0.3 is 0 Å². The highest BCUT2D eigenvalue weighted by molar-refractivity contribution is 5.50. The summed E-state index contributed by atoms with van der Waals surface area (Å²) in [5, 5.41) is 8.70. The molecule has 0 amide bonds. The zero-order valence-electron chi connectivity index (χ0n) is 10.1. The fourth-order valence-electron chi connectivity index (χ4n) is 1.69. The zero-order chi connectivity index (χ0) is 12.6. The molecule has 0 radical (unpaired) electrons. The number of rotatable bonds is 4. The maximum absolute atomic E-state index is 8.70. The topological polar surface area (TPSA) is 36.7 Å². The summed E-state index contributed by atoms with van der Waals surface area (Å²) in [6, 6.07) is 13.8. The van der Waals surface area contributed by atoms with Crippen LogP contribution in [0.2, 0.25) is 0 Å². The molecule has 0 atom stereocenters. The third kappa shape index (κ3) is 3.57. The van der Waals surface area contributed by atoms with Crippen LogP contribution in [0.15, 0.2) is 54.9 Å². The van der Waals surface area contributed by atoms with Gasteiger partial charge in [0.2, 0.25) is 0 Å². The summed E-state index contributed by atoms with van der Waals surface area (Å²) in [5.74, 6) is 0. The Labute approximate surface area is 107 Å². The number of benzene rings is 1. The molecule has 0 aliphatic rings. The van der Waals surface area contributed by atoms with Crippen LogP contribution in [0.4, 0.5) is 0 Å². The van der Waals surface area contributed by atoms with E-state index in [1.165, 1.54) is 5.56 Å². The molecule has 18 heavy (non-hydrogen) atoms. The molecular formula is C16H14N2. The van der Waals surface area contributed by atoms with Gasteiger partial charge in [-0.1, -0.05) is 24.3 Å². The first-order valence-corrected chi connectivity index (χ1v) is 5.94. The molecule has 0 unspecified atom stereocenters. The number of nitrogens with zero attached hydrogens (tertiary/aromatic N) is 2. The van der Waals surface area contributed by atoms with Crippen molar-refractivity contribution < 1.29 is 0 Å². The average Bonchev–Trinajstić information content (AvgIpc) is 2.45. The van der Waals surface area contributed by atoms with Crippen LogP contribution in [0, 0.1) is 11.3 Å². The molecule has 0 bridgehead atoms. The van der Waals surface area contributed by atoms with Gasteiger partial charge in [0.1, 0.15) is 0 Å². The lowest BCUT2D eigenvalue weighted by molar-refractivity contribution is 0.998. The zero-order valence-corrected chi connectivity index (χ0v) is 10.1. The van der Waals surface area contributed by atoms with Crippen molar-refractivity contribution in [3.8, 4) is 6.07 Å². The van der Waals surface area contributed by atoms with E-state index in [2.05, 4.69) is 23.2 Å². The number of hydrogen-bond donors (Lipinski definition) is 0. The number of nitriles is 1. The van der Waals surface area contributed by atoms with Crippen molar-refractivity contribution in [1.82, 2.24) is 4.98 Å². The maximum Gasteiger partial charge on any atom is 0.0991 e. The Bertz CT molecular complexity index is 548. The monoisotopic (exact) mass is 234 g/mol. The molecule has 0 N–H and O–H groups in total.